The van der Waals surface area contributed by atoms with Gasteiger partial charge in [-0.1, -0.05) is 24.3 Å². The van der Waals surface area contributed by atoms with Crippen LogP contribution in [0.2, 0.25) is 0 Å². The Labute approximate surface area is 168 Å². The highest BCUT2D eigenvalue weighted by molar-refractivity contribution is 5.76. The van der Waals surface area contributed by atoms with Crippen molar-refractivity contribution in [2.75, 3.05) is 18.4 Å². The first-order valence-corrected chi connectivity index (χ1v) is 9.76. The summed E-state index contributed by atoms with van der Waals surface area (Å²) in [6, 6.07) is 13.0. The Balaban J connectivity index is 1.62. The number of alkyl halides is 3. The largest absolute Gasteiger partial charge is 0.416 e. The molecule has 1 amide bonds. The maximum Gasteiger partial charge on any atom is 0.416 e. The van der Waals surface area contributed by atoms with E-state index in [-0.39, 0.29) is 17.9 Å². The third-order valence-corrected chi connectivity index (χ3v) is 5.42. The van der Waals surface area contributed by atoms with Gasteiger partial charge in [-0.15, -0.1) is 0 Å². The van der Waals surface area contributed by atoms with Crippen LogP contribution in [-0.2, 0) is 17.5 Å². The predicted octanol–water partition coefficient (Wildman–Crippen LogP) is 4.58. The monoisotopic (exact) mass is 405 g/mol. The number of nitrogens with zero attached hydrogens (tertiary/aromatic N) is 1. The van der Waals surface area contributed by atoms with Crippen molar-refractivity contribution in [2.24, 2.45) is 11.7 Å². The molecule has 1 atom stereocenters. The molecule has 2 aromatic rings. The smallest absolute Gasteiger partial charge is 0.379 e. The van der Waals surface area contributed by atoms with Crippen molar-refractivity contribution in [1.29, 1.82) is 0 Å². The average molecular weight is 405 g/mol. The van der Waals surface area contributed by atoms with Gasteiger partial charge in [-0.2, -0.15) is 13.2 Å². The number of primary amides is 1. The molecule has 4 nitrogen and oxygen atoms in total. The van der Waals surface area contributed by atoms with Crippen molar-refractivity contribution in [3.8, 4) is 0 Å². The van der Waals surface area contributed by atoms with Crippen LogP contribution in [0.5, 0.6) is 0 Å². The van der Waals surface area contributed by atoms with Gasteiger partial charge in [0.15, 0.2) is 0 Å². The van der Waals surface area contributed by atoms with Crippen LogP contribution in [-0.4, -0.2) is 23.9 Å². The molecule has 156 valence electrons. The molecule has 1 heterocycles. The van der Waals surface area contributed by atoms with Crippen molar-refractivity contribution in [2.45, 2.75) is 38.5 Å². The van der Waals surface area contributed by atoms with Crippen LogP contribution in [0.1, 0.15) is 42.5 Å². The summed E-state index contributed by atoms with van der Waals surface area (Å²) < 4.78 is 38.9. The van der Waals surface area contributed by atoms with Crippen LogP contribution in [0.3, 0.4) is 0 Å². The zero-order valence-corrected chi connectivity index (χ0v) is 16.4. The molecule has 29 heavy (non-hydrogen) atoms. The lowest BCUT2D eigenvalue weighted by Gasteiger charge is -2.30. The molecule has 7 heteroatoms. The molecule has 1 fully saturated rings. The number of nitrogens with one attached hydrogen (secondary N) is 1. The SMILES string of the molecule is CC(Nc1cccc(CN2CCC(C(N)=O)CC2)c1)c1cccc(C(F)(F)F)c1. The van der Waals surface area contributed by atoms with E-state index in [1.165, 1.54) is 12.1 Å². The number of benzene rings is 2. The van der Waals surface area contributed by atoms with Crippen LogP contribution < -0.4 is 11.1 Å². The van der Waals surface area contributed by atoms with Crippen molar-refractivity contribution < 1.29 is 18.0 Å². The van der Waals surface area contributed by atoms with Crippen LogP contribution >= 0.6 is 0 Å². The van der Waals surface area contributed by atoms with Crippen LogP contribution in [0, 0.1) is 5.92 Å². The van der Waals surface area contributed by atoms with Gasteiger partial charge in [0.2, 0.25) is 5.91 Å². The summed E-state index contributed by atoms with van der Waals surface area (Å²) in [5, 5.41) is 3.29. The summed E-state index contributed by atoms with van der Waals surface area (Å²) in [5.74, 6) is -0.257. The van der Waals surface area contributed by atoms with E-state index in [9.17, 15) is 18.0 Å². The van der Waals surface area contributed by atoms with E-state index in [0.29, 0.717) is 5.56 Å². The number of halogens is 3. The first-order valence-electron chi connectivity index (χ1n) is 9.76. The Morgan fingerprint density at radius 3 is 2.52 bits per heavy atom. The van der Waals surface area contributed by atoms with Crippen molar-refractivity contribution in [3.05, 3.63) is 65.2 Å². The fourth-order valence-corrected chi connectivity index (χ4v) is 3.71. The number of nitrogens with two attached hydrogens (primary N) is 1. The minimum absolute atomic E-state index is 0.0347. The number of anilines is 1. The number of amides is 1. The summed E-state index contributed by atoms with van der Waals surface area (Å²) in [5.41, 5.74) is 7.30. The van der Waals surface area contributed by atoms with Gasteiger partial charge in [0.05, 0.1) is 5.56 Å². The molecule has 0 saturated carbocycles. The average Bonchev–Trinajstić information content (AvgIpc) is 2.68. The van der Waals surface area contributed by atoms with E-state index in [0.717, 1.165) is 49.8 Å². The van der Waals surface area contributed by atoms with Crippen LogP contribution in [0.25, 0.3) is 0 Å². The molecular formula is C22H26F3N3O. The lowest BCUT2D eigenvalue weighted by Crippen LogP contribution is -2.38. The number of piperidine rings is 1. The molecule has 3 rings (SSSR count). The molecule has 0 spiro atoms. The summed E-state index contributed by atoms with van der Waals surface area (Å²) in [7, 11) is 0. The second-order valence-electron chi connectivity index (χ2n) is 7.64. The van der Waals surface area contributed by atoms with Gasteiger partial charge in [0.25, 0.3) is 0 Å². The highest BCUT2D eigenvalue weighted by atomic mass is 19.4. The number of hydrogen-bond donors (Lipinski definition) is 2. The number of rotatable bonds is 6. The fourth-order valence-electron chi connectivity index (χ4n) is 3.71. The Bertz CT molecular complexity index is 845. The summed E-state index contributed by atoms with van der Waals surface area (Å²) in [6.07, 6.45) is -2.79. The minimum Gasteiger partial charge on any atom is -0.379 e. The van der Waals surface area contributed by atoms with E-state index in [1.54, 1.807) is 6.07 Å². The summed E-state index contributed by atoms with van der Waals surface area (Å²) in [4.78, 5) is 13.6. The third-order valence-electron chi connectivity index (χ3n) is 5.42. The highest BCUT2D eigenvalue weighted by Gasteiger charge is 2.30. The van der Waals surface area contributed by atoms with Gasteiger partial charge in [-0.3, -0.25) is 9.69 Å². The Morgan fingerprint density at radius 1 is 1.17 bits per heavy atom. The third kappa shape index (κ3) is 5.73. The number of carbonyl (C=O) groups is 1. The Morgan fingerprint density at radius 2 is 1.86 bits per heavy atom. The molecular weight excluding hydrogens is 379 g/mol. The maximum atomic E-state index is 13.0. The van der Waals surface area contributed by atoms with Crippen molar-refractivity contribution >= 4 is 11.6 Å². The van der Waals surface area contributed by atoms with E-state index in [1.807, 2.05) is 31.2 Å². The van der Waals surface area contributed by atoms with Gasteiger partial charge in [-0.05, 0) is 68.2 Å². The number of carbonyl (C=O) groups excluding carboxylic acids is 1. The molecule has 1 saturated heterocycles. The van der Waals surface area contributed by atoms with E-state index in [2.05, 4.69) is 10.2 Å². The molecule has 1 aliphatic heterocycles. The lowest BCUT2D eigenvalue weighted by molar-refractivity contribution is -0.137. The molecule has 0 bridgehead atoms. The first-order chi connectivity index (χ1) is 13.7. The van der Waals surface area contributed by atoms with E-state index in [4.69, 9.17) is 5.73 Å². The number of likely N-dealkylation sites (tertiary alicyclic amines) is 1. The Hall–Kier alpha value is -2.54. The van der Waals surface area contributed by atoms with E-state index >= 15 is 0 Å². The lowest BCUT2D eigenvalue weighted by atomic mass is 9.96. The summed E-state index contributed by atoms with van der Waals surface area (Å²) >= 11 is 0. The van der Waals surface area contributed by atoms with Gasteiger partial charge < -0.3 is 11.1 Å². The second-order valence-corrected chi connectivity index (χ2v) is 7.64. The zero-order chi connectivity index (χ0) is 21.0. The number of hydrogen-bond acceptors (Lipinski definition) is 3. The second kappa shape index (κ2) is 8.86. The molecule has 2 aromatic carbocycles. The molecule has 1 unspecified atom stereocenters. The summed E-state index contributed by atoms with van der Waals surface area (Å²) in [6.45, 7) is 4.26. The van der Waals surface area contributed by atoms with Gasteiger partial charge in [-0.25, -0.2) is 0 Å². The maximum absolute atomic E-state index is 13.0. The minimum atomic E-state index is -4.35. The van der Waals surface area contributed by atoms with Crippen molar-refractivity contribution in [1.82, 2.24) is 4.90 Å². The Kier molecular flexibility index (Phi) is 6.47. The molecule has 0 aromatic heterocycles. The first kappa shape index (κ1) is 21.2. The van der Waals surface area contributed by atoms with Crippen LogP contribution in [0.15, 0.2) is 48.5 Å². The molecule has 0 radical (unpaired) electrons. The van der Waals surface area contributed by atoms with E-state index < -0.39 is 11.7 Å². The normalized spacial score (nSPS) is 17.1. The van der Waals surface area contributed by atoms with Gasteiger partial charge in [0.1, 0.15) is 0 Å². The van der Waals surface area contributed by atoms with Crippen LogP contribution in [0.4, 0.5) is 18.9 Å². The van der Waals surface area contributed by atoms with Crippen molar-refractivity contribution in [3.63, 3.8) is 0 Å². The van der Waals surface area contributed by atoms with Gasteiger partial charge >= 0.3 is 6.18 Å². The highest BCUT2D eigenvalue weighted by Crippen LogP contribution is 2.31. The topological polar surface area (TPSA) is 58.4 Å². The molecule has 1 aliphatic rings. The molecule has 0 aliphatic carbocycles. The molecule has 3 N–H and O–H groups in total. The quantitative estimate of drug-likeness (QED) is 0.740. The van der Waals surface area contributed by atoms with Gasteiger partial charge in [0, 0.05) is 24.2 Å². The standard InChI is InChI=1S/C22H26F3N3O/c1-15(18-5-3-6-19(13-18)22(23,24)25)27-20-7-2-4-16(12-20)14-28-10-8-17(9-11-28)21(26)29/h2-7,12-13,15,17,27H,8-11,14H2,1H3,(H2,26,29). The predicted molar refractivity (Wildman–Crippen MR) is 107 cm³/mol. The zero-order valence-electron chi connectivity index (χ0n) is 16.4. The fraction of sp³-hybridized carbons (Fsp3) is 0.409.